The monoisotopic (exact) mass is 284 g/mol. The van der Waals surface area contributed by atoms with Crippen molar-refractivity contribution in [2.45, 2.75) is 39.2 Å². The van der Waals surface area contributed by atoms with E-state index in [0.717, 1.165) is 5.56 Å². The smallest absolute Gasteiger partial charge is 0.350 e. The average Bonchev–Trinajstić information content (AvgIpc) is 2.67. The van der Waals surface area contributed by atoms with Crippen molar-refractivity contribution in [2.24, 2.45) is 5.73 Å². The van der Waals surface area contributed by atoms with Crippen LogP contribution < -0.4 is 11.1 Å². The van der Waals surface area contributed by atoms with E-state index in [9.17, 15) is 9.59 Å². The Hall–Kier alpha value is -1.40. The Morgan fingerprint density at radius 2 is 2.11 bits per heavy atom. The molecule has 0 aliphatic heterocycles. The van der Waals surface area contributed by atoms with E-state index in [1.54, 1.807) is 0 Å². The number of thiophene rings is 1. The largest absolute Gasteiger partial charge is 0.465 e. The number of carbonyl (C=O) groups is 2. The molecule has 1 aromatic heterocycles. The molecule has 19 heavy (non-hydrogen) atoms. The minimum absolute atomic E-state index is 0.148. The number of nitrogens with one attached hydrogen (secondary N) is 1. The van der Waals surface area contributed by atoms with Gasteiger partial charge in [-0.25, -0.2) is 4.79 Å². The van der Waals surface area contributed by atoms with Gasteiger partial charge in [-0.3, -0.25) is 4.79 Å². The summed E-state index contributed by atoms with van der Waals surface area (Å²) in [6.07, 6.45) is 0.898. The first-order valence-electron chi connectivity index (χ1n) is 5.99. The summed E-state index contributed by atoms with van der Waals surface area (Å²) < 4.78 is 4.69. The number of nitrogens with two attached hydrogens (primary N) is 1. The molecule has 1 amide bonds. The van der Waals surface area contributed by atoms with Gasteiger partial charge in [0.05, 0.1) is 12.8 Å². The normalized spacial score (nSPS) is 11.2. The number of ether oxygens (including phenoxy) is 1. The lowest BCUT2D eigenvalue weighted by atomic mass is 10.00. The number of amides is 1. The lowest BCUT2D eigenvalue weighted by molar-refractivity contribution is -0.116. The Morgan fingerprint density at radius 1 is 1.47 bits per heavy atom. The van der Waals surface area contributed by atoms with Gasteiger partial charge >= 0.3 is 5.97 Å². The number of methoxy groups -OCH3 is 1. The molecule has 1 heterocycles. The molecule has 106 valence electrons. The number of rotatable bonds is 5. The molecule has 0 fully saturated rings. The Balaban J connectivity index is 2.74. The minimum Gasteiger partial charge on any atom is -0.465 e. The Labute approximate surface area is 117 Å². The highest BCUT2D eigenvalue weighted by molar-refractivity contribution is 7.12. The highest BCUT2D eigenvalue weighted by atomic mass is 32.1. The summed E-state index contributed by atoms with van der Waals surface area (Å²) in [6.45, 7) is 5.58. The summed E-state index contributed by atoms with van der Waals surface area (Å²) in [4.78, 5) is 23.8. The second-order valence-electron chi connectivity index (χ2n) is 5.15. The second kappa shape index (κ2) is 6.16. The minimum atomic E-state index is -0.437. The van der Waals surface area contributed by atoms with Gasteiger partial charge in [-0.05, 0) is 38.1 Å². The van der Waals surface area contributed by atoms with Gasteiger partial charge in [-0.1, -0.05) is 0 Å². The maximum Gasteiger partial charge on any atom is 0.350 e. The third kappa shape index (κ3) is 4.65. The van der Waals surface area contributed by atoms with Crippen molar-refractivity contribution < 1.29 is 14.3 Å². The zero-order valence-electron chi connectivity index (χ0n) is 11.7. The Kier molecular flexibility index (Phi) is 5.08. The Bertz CT molecular complexity index is 475. The van der Waals surface area contributed by atoms with E-state index in [4.69, 9.17) is 5.73 Å². The van der Waals surface area contributed by atoms with Gasteiger partial charge < -0.3 is 15.8 Å². The van der Waals surface area contributed by atoms with Gasteiger partial charge in [0, 0.05) is 12.0 Å². The molecule has 3 N–H and O–H groups in total. The van der Waals surface area contributed by atoms with E-state index in [2.05, 4.69) is 10.1 Å². The van der Waals surface area contributed by atoms with E-state index in [1.165, 1.54) is 18.4 Å². The number of esters is 1. The van der Waals surface area contributed by atoms with Crippen molar-refractivity contribution in [1.29, 1.82) is 0 Å². The van der Waals surface area contributed by atoms with E-state index < -0.39 is 5.97 Å². The zero-order valence-corrected chi connectivity index (χ0v) is 12.5. The first-order chi connectivity index (χ1) is 8.74. The van der Waals surface area contributed by atoms with Crippen LogP contribution in [0.3, 0.4) is 0 Å². The molecule has 1 rings (SSSR count). The highest BCUT2D eigenvalue weighted by Crippen LogP contribution is 2.28. The van der Waals surface area contributed by atoms with Crippen molar-refractivity contribution in [1.82, 2.24) is 0 Å². The van der Waals surface area contributed by atoms with Gasteiger partial charge in [0.25, 0.3) is 0 Å². The predicted octanol–water partition coefficient (Wildman–Crippen LogP) is 2.30. The molecular formula is C13H20N2O3S. The van der Waals surface area contributed by atoms with E-state index in [1.807, 2.05) is 26.2 Å². The fraction of sp³-hybridized carbons (Fsp3) is 0.538. The van der Waals surface area contributed by atoms with Crippen molar-refractivity contribution in [2.75, 3.05) is 12.4 Å². The SMILES string of the molecule is COC(=O)c1scc(C)c1NC(=O)CCC(C)(C)N. The molecule has 5 nitrogen and oxygen atoms in total. The van der Waals surface area contributed by atoms with Crippen LogP contribution in [0.5, 0.6) is 0 Å². The van der Waals surface area contributed by atoms with E-state index in [0.29, 0.717) is 23.4 Å². The molecule has 0 spiro atoms. The predicted molar refractivity (Wildman–Crippen MR) is 76.5 cm³/mol. The standard InChI is InChI=1S/C13H20N2O3S/c1-8-7-19-11(12(17)18-4)10(8)15-9(16)5-6-13(2,3)14/h7H,5-6,14H2,1-4H3,(H,15,16). The molecule has 1 aromatic rings. The van der Waals surface area contributed by atoms with Crippen LogP contribution in [0.15, 0.2) is 5.38 Å². The summed E-state index contributed by atoms with van der Waals surface area (Å²) in [5.74, 6) is -0.585. The van der Waals surface area contributed by atoms with Crippen molar-refractivity contribution >= 4 is 28.9 Å². The lowest BCUT2D eigenvalue weighted by Crippen LogP contribution is -2.33. The van der Waals surface area contributed by atoms with Crippen LogP contribution in [0.2, 0.25) is 0 Å². The first kappa shape index (κ1) is 15.7. The van der Waals surface area contributed by atoms with Crippen LogP contribution in [-0.2, 0) is 9.53 Å². The molecule has 0 unspecified atom stereocenters. The fourth-order valence-corrected chi connectivity index (χ4v) is 2.40. The summed E-state index contributed by atoms with van der Waals surface area (Å²) in [6, 6.07) is 0. The number of anilines is 1. The molecule has 0 aliphatic carbocycles. The fourth-order valence-electron chi connectivity index (χ4n) is 1.48. The average molecular weight is 284 g/mol. The van der Waals surface area contributed by atoms with Crippen LogP contribution in [-0.4, -0.2) is 24.5 Å². The number of hydrogen-bond acceptors (Lipinski definition) is 5. The van der Waals surface area contributed by atoms with Crippen LogP contribution >= 0.6 is 11.3 Å². The third-order valence-electron chi connectivity index (χ3n) is 2.61. The molecule has 6 heteroatoms. The number of hydrogen-bond donors (Lipinski definition) is 2. The molecular weight excluding hydrogens is 264 g/mol. The summed E-state index contributed by atoms with van der Waals surface area (Å²) >= 11 is 1.26. The molecule has 0 bridgehead atoms. The molecule has 0 radical (unpaired) electrons. The van der Waals surface area contributed by atoms with Gasteiger partial charge in [-0.2, -0.15) is 0 Å². The van der Waals surface area contributed by atoms with Gasteiger partial charge in [0.2, 0.25) is 5.91 Å². The zero-order chi connectivity index (χ0) is 14.6. The highest BCUT2D eigenvalue weighted by Gasteiger charge is 2.19. The van der Waals surface area contributed by atoms with Gasteiger partial charge in [0.1, 0.15) is 4.88 Å². The molecule has 0 saturated heterocycles. The summed E-state index contributed by atoms with van der Waals surface area (Å²) in [5.41, 5.74) is 6.84. The lowest BCUT2D eigenvalue weighted by Gasteiger charge is -2.17. The van der Waals surface area contributed by atoms with Crippen molar-refractivity contribution in [3.8, 4) is 0 Å². The van der Waals surface area contributed by atoms with Gasteiger partial charge in [0.15, 0.2) is 0 Å². The molecule has 0 atom stereocenters. The Morgan fingerprint density at radius 3 is 2.63 bits per heavy atom. The quantitative estimate of drug-likeness (QED) is 0.813. The second-order valence-corrected chi connectivity index (χ2v) is 6.03. The summed E-state index contributed by atoms with van der Waals surface area (Å²) in [7, 11) is 1.32. The van der Waals surface area contributed by atoms with Crippen LogP contribution in [0, 0.1) is 6.92 Å². The number of aryl methyl sites for hydroxylation is 1. The van der Waals surface area contributed by atoms with Crippen molar-refractivity contribution in [3.63, 3.8) is 0 Å². The van der Waals surface area contributed by atoms with E-state index in [-0.39, 0.29) is 11.4 Å². The maximum absolute atomic E-state index is 11.9. The van der Waals surface area contributed by atoms with Crippen LogP contribution in [0.1, 0.15) is 41.9 Å². The summed E-state index contributed by atoms with van der Waals surface area (Å²) in [5, 5.41) is 4.58. The molecule has 0 saturated carbocycles. The molecule has 0 aliphatic rings. The number of carbonyl (C=O) groups excluding carboxylic acids is 2. The van der Waals surface area contributed by atoms with Crippen LogP contribution in [0.25, 0.3) is 0 Å². The topological polar surface area (TPSA) is 81.4 Å². The third-order valence-corrected chi connectivity index (χ3v) is 3.68. The van der Waals surface area contributed by atoms with Gasteiger partial charge in [-0.15, -0.1) is 11.3 Å². The molecule has 0 aromatic carbocycles. The van der Waals surface area contributed by atoms with E-state index >= 15 is 0 Å². The van der Waals surface area contributed by atoms with Crippen molar-refractivity contribution in [3.05, 3.63) is 15.8 Å². The maximum atomic E-state index is 11.9. The van der Waals surface area contributed by atoms with Crippen LogP contribution in [0.4, 0.5) is 5.69 Å². The first-order valence-corrected chi connectivity index (χ1v) is 6.87.